The maximum Gasteiger partial charge on any atom is 0.336 e. The summed E-state index contributed by atoms with van der Waals surface area (Å²) in [4.78, 5) is 16.5. The fraction of sp³-hybridized carbons (Fsp3) is 0.579. The van der Waals surface area contributed by atoms with Crippen LogP contribution in [0.4, 0.5) is 0 Å². The maximum absolute atomic E-state index is 12.4. The Bertz CT molecular complexity index is 625. The van der Waals surface area contributed by atoms with E-state index in [1.807, 2.05) is 0 Å². The standard InChI is InChI=1S/C19H25NO3/c1-12(16(21)14-7-5-6-10-20-14)17(22)23-15-11-13-8-9-19(15,4)18(13,2)3/h5-7,10,13,15-16,21H,1,8-9,11H2,2-4H3. The van der Waals surface area contributed by atoms with Gasteiger partial charge in [0, 0.05) is 11.6 Å². The Kier molecular flexibility index (Phi) is 3.83. The average Bonchev–Trinajstić information content (AvgIpc) is 2.87. The van der Waals surface area contributed by atoms with Crippen molar-refractivity contribution < 1.29 is 14.6 Å². The zero-order valence-corrected chi connectivity index (χ0v) is 14.1. The Morgan fingerprint density at radius 3 is 2.70 bits per heavy atom. The van der Waals surface area contributed by atoms with Crippen LogP contribution in [0.1, 0.15) is 51.8 Å². The van der Waals surface area contributed by atoms with Gasteiger partial charge in [-0.15, -0.1) is 0 Å². The minimum atomic E-state index is -1.12. The lowest BCUT2D eigenvalue weighted by atomic mass is 9.70. The van der Waals surface area contributed by atoms with Crippen LogP contribution in [0, 0.1) is 16.7 Å². The molecule has 4 nitrogen and oxygen atoms in total. The van der Waals surface area contributed by atoms with Crippen molar-refractivity contribution in [2.45, 2.75) is 52.2 Å². The molecule has 0 radical (unpaired) electrons. The molecule has 124 valence electrons. The number of carbonyl (C=O) groups excluding carboxylic acids is 1. The number of hydrogen-bond acceptors (Lipinski definition) is 4. The van der Waals surface area contributed by atoms with Gasteiger partial charge in [-0.1, -0.05) is 33.4 Å². The van der Waals surface area contributed by atoms with Crippen LogP contribution in [0.3, 0.4) is 0 Å². The second kappa shape index (κ2) is 5.45. The highest BCUT2D eigenvalue weighted by molar-refractivity contribution is 5.89. The van der Waals surface area contributed by atoms with Gasteiger partial charge in [0.1, 0.15) is 12.2 Å². The highest BCUT2D eigenvalue weighted by atomic mass is 16.5. The second-order valence-corrected chi connectivity index (χ2v) is 7.69. The molecular weight excluding hydrogens is 290 g/mol. The van der Waals surface area contributed by atoms with Crippen molar-refractivity contribution in [3.63, 3.8) is 0 Å². The summed E-state index contributed by atoms with van der Waals surface area (Å²) in [6.45, 7) is 10.5. The summed E-state index contributed by atoms with van der Waals surface area (Å²) in [6, 6.07) is 5.20. The summed E-state index contributed by atoms with van der Waals surface area (Å²) in [5, 5.41) is 10.3. The van der Waals surface area contributed by atoms with Crippen LogP contribution in [0.25, 0.3) is 0 Å². The molecule has 2 bridgehead atoms. The van der Waals surface area contributed by atoms with Crippen molar-refractivity contribution in [1.29, 1.82) is 0 Å². The molecule has 2 fully saturated rings. The summed E-state index contributed by atoms with van der Waals surface area (Å²) in [5.41, 5.74) is 0.643. The van der Waals surface area contributed by atoms with E-state index in [-0.39, 0.29) is 22.5 Å². The minimum absolute atomic E-state index is 0.00353. The van der Waals surface area contributed by atoms with Gasteiger partial charge in [0.15, 0.2) is 0 Å². The van der Waals surface area contributed by atoms with Crippen molar-refractivity contribution in [3.05, 3.63) is 42.2 Å². The van der Waals surface area contributed by atoms with Crippen molar-refractivity contribution >= 4 is 5.97 Å². The van der Waals surface area contributed by atoms with Crippen LogP contribution in [0.5, 0.6) is 0 Å². The summed E-state index contributed by atoms with van der Waals surface area (Å²) in [5.74, 6) is 0.0806. The Morgan fingerprint density at radius 2 is 2.17 bits per heavy atom. The van der Waals surface area contributed by atoms with E-state index in [0.29, 0.717) is 11.6 Å². The first-order valence-electron chi connectivity index (χ1n) is 8.26. The Labute approximate surface area is 137 Å². The molecule has 0 saturated heterocycles. The van der Waals surface area contributed by atoms with Gasteiger partial charge in [-0.3, -0.25) is 4.98 Å². The fourth-order valence-electron chi connectivity index (χ4n) is 4.34. The van der Waals surface area contributed by atoms with E-state index in [1.165, 1.54) is 6.42 Å². The molecule has 0 aromatic carbocycles. The normalized spacial score (nSPS) is 32.5. The van der Waals surface area contributed by atoms with E-state index >= 15 is 0 Å². The molecule has 4 atom stereocenters. The topological polar surface area (TPSA) is 59.4 Å². The third kappa shape index (κ3) is 2.40. The van der Waals surface area contributed by atoms with E-state index in [4.69, 9.17) is 4.74 Å². The third-order valence-electron chi connectivity index (χ3n) is 6.52. The molecule has 2 saturated carbocycles. The predicted octanol–water partition coefficient (Wildman–Crippen LogP) is 3.43. The molecule has 2 aliphatic carbocycles. The highest BCUT2D eigenvalue weighted by Gasteiger charge is 2.62. The molecule has 1 aromatic rings. The van der Waals surface area contributed by atoms with Gasteiger partial charge < -0.3 is 9.84 Å². The van der Waals surface area contributed by atoms with Crippen LogP contribution in [0.2, 0.25) is 0 Å². The lowest BCUT2D eigenvalue weighted by Gasteiger charge is -2.38. The van der Waals surface area contributed by atoms with Gasteiger partial charge >= 0.3 is 5.97 Å². The Morgan fingerprint density at radius 1 is 1.43 bits per heavy atom. The SMILES string of the molecule is C=C(C(=O)OC1CC2CCC1(C)C2(C)C)C(O)c1ccccn1. The molecule has 4 heteroatoms. The van der Waals surface area contributed by atoms with Gasteiger partial charge in [0.25, 0.3) is 0 Å². The van der Waals surface area contributed by atoms with Gasteiger partial charge in [-0.05, 0) is 42.7 Å². The number of fused-ring (bicyclic) bond motifs is 2. The quantitative estimate of drug-likeness (QED) is 0.683. The third-order valence-corrected chi connectivity index (χ3v) is 6.52. The molecule has 2 aliphatic rings. The first-order chi connectivity index (χ1) is 10.8. The van der Waals surface area contributed by atoms with Gasteiger partial charge in [0.05, 0.1) is 11.3 Å². The second-order valence-electron chi connectivity index (χ2n) is 7.69. The lowest BCUT2D eigenvalue weighted by molar-refractivity contribution is -0.153. The molecule has 1 N–H and O–H groups in total. The highest BCUT2D eigenvalue weighted by Crippen LogP contribution is 2.66. The number of aliphatic hydroxyl groups is 1. The number of esters is 1. The molecule has 23 heavy (non-hydrogen) atoms. The number of ether oxygens (including phenoxy) is 1. The van der Waals surface area contributed by atoms with Crippen molar-refractivity contribution in [2.75, 3.05) is 0 Å². The zero-order valence-electron chi connectivity index (χ0n) is 14.1. The molecule has 3 rings (SSSR count). The van der Waals surface area contributed by atoms with Crippen LogP contribution in [-0.4, -0.2) is 22.2 Å². The largest absolute Gasteiger partial charge is 0.458 e. The number of aliphatic hydroxyl groups excluding tert-OH is 1. The van der Waals surface area contributed by atoms with Crippen molar-refractivity contribution in [2.24, 2.45) is 16.7 Å². The lowest BCUT2D eigenvalue weighted by Crippen LogP contribution is -2.38. The van der Waals surface area contributed by atoms with Crippen LogP contribution >= 0.6 is 0 Å². The Hall–Kier alpha value is -1.68. The van der Waals surface area contributed by atoms with E-state index in [2.05, 4.69) is 32.3 Å². The first kappa shape index (κ1) is 16.2. The number of pyridine rings is 1. The smallest absolute Gasteiger partial charge is 0.336 e. The van der Waals surface area contributed by atoms with Crippen LogP contribution < -0.4 is 0 Å². The number of rotatable bonds is 4. The molecule has 4 unspecified atom stereocenters. The van der Waals surface area contributed by atoms with Crippen LogP contribution in [0.15, 0.2) is 36.5 Å². The number of aromatic nitrogens is 1. The number of carbonyl (C=O) groups is 1. The van der Waals surface area contributed by atoms with Gasteiger partial charge in [0.2, 0.25) is 0 Å². The molecular formula is C19H25NO3. The van der Waals surface area contributed by atoms with E-state index in [0.717, 1.165) is 12.8 Å². The number of nitrogens with zero attached hydrogens (tertiary/aromatic N) is 1. The average molecular weight is 315 g/mol. The van der Waals surface area contributed by atoms with Gasteiger partial charge in [-0.25, -0.2) is 4.79 Å². The fourth-order valence-corrected chi connectivity index (χ4v) is 4.34. The van der Waals surface area contributed by atoms with Gasteiger partial charge in [-0.2, -0.15) is 0 Å². The molecule has 0 amide bonds. The van der Waals surface area contributed by atoms with Crippen molar-refractivity contribution in [1.82, 2.24) is 4.98 Å². The minimum Gasteiger partial charge on any atom is -0.458 e. The first-order valence-corrected chi connectivity index (χ1v) is 8.26. The molecule has 1 aromatic heterocycles. The summed E-state index contributed by atoms with van der Waals surface area (Å²) in [6.07, 6.45) is 3.55. The van der Waals surface area contributed by atoms with Crippen molar-refractivity contribution in [3.8, 4) is 0 Å². The van der Waals surface area contributed by atoms with E-state index < -0.39 is 12.1 Å². The predicted molar refractivity (Wildman–Crippen MR) is 87.4 cm³/mol. The Balaban J connectivity index is 1.70. The number of hydrogen-bond donors (Lipinski definition) is 1. The summed E-state index contributed by atoms with van der Waals surface area (Å²) >= 11 is 0. The van der Waals surface area contributed by atoms with Crippen LogP contribution in [-0.2, 0) is 9.53 Å². The molecule has 0 aliphatic heterocycles. The van der Waals surface area contributed by atoms with E-state index in [1.54, 1.807) is 24.4 Å². The summed E-state index contributed by atoms with van der Waals surface area (Å²) < 4.78 is 5.76. The monoisotopic (exact) mass is 315 g/mol. The summed E-state index contributed by atoms with van der Waals surface area (Å²) in [7, 11) is 0. The zero-order chi connectivity index (χ0) is 16.8. The molecule has 1 heterocycles. The maximum atomic E-state index is 12.4. The molecule has 0 spiro atoms. The van der Waals surface area contributed by atoms with E-state index in [9.17, 15) is 9.90 Å².